The van der Waals surface area contributed by atoms with Crippen LogP contribution in [-0.4, -0.2) is 35.3 Å². The number of benzene rings is 1. The molecule has 0 bridgehead atoms. The number of rotatable bonds is 7. The lowest BCUT2D eigenvalue weighted by Crippen LogP contribution is -2.38. The quantitative estimate of drug-likeness (QED) is 0.312. The Labute approximate surface area is 124 Å². The first-order valence-electron chi connectivity index (χ1n) is 6.73. The monoisotopic (exact) mass is 299 g/mol. The summed E-state index contributed by atoms with van der Waals surface area (Å²) in [6.45, 7) is 4.68. The van der Waals surface area contributed by atoms with Gasteiger partial charge in [0.05, 0.1) is 6.61 Å². The van der Waals surface area contributed by atoms with Crippen LogP contribution in [0.2, 0.25) is 5.02 Å². The lowest BCUT2D eigenvalue weighted by molar-refractivity contribution is 0.296. The smallest absolute Gasteiger partial charge is 0.172 e. The van der Waals surface area contributed by atoms with Crippen molar-refractivity contribution in [1.82, 2.24) is 0 Å². The molecule has 0 heterocycles. The molecule has 0 amide bonds. The van der Waals surface area contributed by atoms with Gasteiger partial charge in [-0.2, -0.15) is 0 Å². The average Bonchev–Trinajstić information content (AvgIpc) is 2.46. The summed E-state index contributed by atoms with van der Waals surface area (Å²) in [7, 11) is 0. The maximum Gasteiger partial charge on any atom is 0.172 e. The highest BCUT2D eigenvalue weighted by molar-refractivity contribution is 6.31. The lowest BCUT2D eigenvalue weighted by Gasteiger charge is -2.33. The van der Waals surface area contributed by atoms with E-state index in [2.05, 4.69) is 23.9 Å². The molecule has 0 unspecified atom stereocenters. The lowest BCUT2D eigenvalue weighted by atomic mass is 10.1. The Morgan fingerprint density at radius 1 is 1.40 bits per heavy atom. The van der Waals surface area contributed by atoms with E-state index in [0.717, 1.165) is 18.5 Å². The summed E-state index contributed by atoms with van der Waals surface area (Å²) < 4.78 is 0. The molecule has 112 valence electrons. The zero-order chi connectivity index (χ0) is 15.1. The number of anilines is 1. The molecule has 0 saturated carbocycles. The van der Waals surface area contributed by atoms with E-state index in [1.165, 1.54) is 0 Å². The van der Waals surface area contributed by atoms with E-state index in [9.17, 15) is 5.11 Å². The number of nitrogens with two attached hydrogens (primary N) is 1. The number of hydrogen-bond donors (Lipinski definition) is 3. The molecule has 1 aromatic rings. The van der Waals surface area contributed by atoms with Crippen molar-refractivity contribution >= 4 is 23.1 Å². The highest BCUT2D eigenvalue weighted by atomic mass is 35.5. The molecule has 0 aliphatic heterocycles. The van der Waals surface area contributed by atoms with Crippen LogP contribution in [0.1, 0.15) is 32.3 Å². The van der Waals surface area contributed by atoms with Crippen LogP contribution < -0.4 is 10.6 Å². The fourth-order valence-corrected chi connectivity index (χ4v) is 2.52. The number of aliphatic hydroxyl groups is 1. The Hall–Kier alpha value is -1.46. The molecule has 4 N–H and O–H groups in total. The van der Waals surface area contributed by atoms with Gasteiger partial charge in [0, 0.05) is 28.9 Å². The molecule has 1 aromatic carbocycles. The Balaban J connectivity index is 3.33. The molecule has 0 aromatic heterocycles. The summed E-state index contributed by atoms with van der Waals surface area (Å²) in [5.74, 6) is 0.0329. The minimum absolute atomic E-state index is 0.0264. The largest absolute Gasteiger partial charge is 0.409 e. The van der Waals surface area contributed by atoms with Gasteiger partial charge in [0.25, 0.3) is 0 Å². The first kappa shape index (κ1) is 16.6. The van der Waals surface area contributed by atoms with E-state index in [1.54, 1.807) is 18.2 Å². The normalized spacial score (nSPS) is 11.9. The van der Waals surface area contributed by atoms with E-state index in [4.69, 9.17) is 22.5 Å². The molecule has 0 aliphatic carbocycles. The van der Waals surface area contributed by atoms with E-state index in [-0.39, 0.29) is 18.5 Å². The molecule has 20 heavy (non-hydrogen) atoms. The summed E-state index contributed by atoms with van der Waals surface area (Å²) in [5.41, 5.74) is 7.11. The number of nitrogens with zero attached hydrogens (tertiary/aromatic N) is 2. The number of oxime groups is 1. The molecule has 0 radical (unpaired) electrons. The van der Waals surface area contributed by atoms with Gasteiger partial charge in [-0.15, -0.1) is 0 Å². The van der Waals surface area contributed by atoms with Crippen LogP contribution in [0.25, 0.3) is 0 Å². The third-order valence-corrected chi connectivity index (χ3v) is 3.61. The van der Waals surface area contributed by atoms with Gasteiger partial charge in [0.15, 0.2) is 5.84 Å². The van der Waals surface area contributed by atoms with Gasteiger partial charge in [-0.05, 0) is 31.0 Å². The first-order chi connectivity index (χ1) is 9.58. The van der Waals surface area contributed by atoms with Crippen molar-refractivity contribution in [1.29, 1.82) is 0 Å². The summed E-state index contributed by atoms with van der Waals surface area (Å²) in [6.07, 6.45) is 1.86. The molecule has 0 aliphatic rings. The summed E-state index contributed by atoms with van der Waals surface area (Å²) in [5, 5.41) is 21.9. The second-order valence-corrected chi connectivity index (χ2v) is 4.97. The van der Waals surface area contributed by atoms with Crippen molar-refractivity contribution in [2.75, 3.05) is 18.1 Å². The van der Waals surface area contributed by atoms with Crippen molar-refractivity contribution in [2.45, 2.75) is 32.7 Å². The predicted molar refractivity (Wildman–Crippen MR) is 82.8 cm³/mol. The molecule has 6 heteroatoms. The molecule has 1 rings (SSSR count). The SMILES string of the molecule is CCC(CC)N(CCO)c1cc(Cl)ccc1C(N)=NO. The number of aliphatic hydroxyl groups excluding tert-OH is 1. The van der Waals surface area contributed by atoms with Crippen LogP contribution in [0, 0.1) is 0 Å². The molecule has 0 fully saturated rings. The standard InChI is InChI=1S/C14H22ClN3O2/c1-3-11(4-2)18(7-8-19)13-9-10(15)5-6-12(13)14(16)17-20/h5-6,9,11,19-20H,3-4,7-8H2,1-2H3,(H2,16,17). The molecule has 5 nitrogen and oxygen atoms in total. The van der Waals surface area contributed by atoms with Gasteiger partial charge in [-0.1, -0.05) is 30.6 Å². The van der Waals surface area contributed by atoms with Crippen LogP contribution in [0.3, 0.4) is 0 Å². The van der Waals surface area contributed by atoms with Crippen LogP contribution in [0.5, 0.6) is 0 Å². The highest BCUT2D eigenvalue weighted by Gasteiger charge is 2.20. The Bertz CT molecular complexity index is 462. The Morgan fingerprint density at radius 2 is 2.05 bits per heavy atom. The third-order valence-electron chi connectivity index (χ3n) is 3.38. The Kier molecular flexibility index (Phi) is 6.61. The molecule has 0 spiro atoms. The maximum absolute atomic E-state index is 9.31. The second-order valence-electron chi connectivity index (χ2n) is 4.53. The minimum atomic E-state index is 0.0264. The third kappa shape index (κ3) is 3.77. The fraction of sp³-hybridized carbons (Fsp3) is 0.500. The average molecular weight is 300 g/mol. The summed E-state index contributed by atoms with van der Waals surface area (Å²) >= 11 is 6.07. The zero-order valence-electron chi connectivity index (χ0n) is 11.9. The molecule has 0 saturated heterocycles. The number of amidine groups is 1. The van der Waals surface area contributed by atoms with Gasteiger partial charge >= 0.3 is 0 Å². The first-order valence-corrected chi connectivity index (χ1v) is 7.11. The van der Waals surface area contributed by atoms with E-state index >= 15 is 0 Å². The maximum atomic E-state index is 9.31. The topological polar surface area (TPSA) is 82.1 Å². The van der Waals surface area contributed by atoms with Crippen LogP contribution in [0.15, 0.2) is 23.4 Å². The van der Waals surface area contributed by atoms with E-state index in [0.29, 0.717) is 17.1 Å². The number of halogens is 1. The van der Waals surface area contributed by atoms with E-state index in [1.807, 2.05) is 0 Å². The Morgan fingerprint density at radius 3 is 2.55 bits per heavy atom. The van der Waals surface area contributed by atoms with Crippen LogP contribution in [0.4, 0.5) is 5.69 Å². The van der Waals surface area contributed by atoms with Crippen molar-refractivity contribution in [3.05, 3.63) is 28.8 Å². The van der Waals surface area contributed by atoms with Gasteiger partial charge in [-0.3, -0.25) is 0 Å². The minimum Gasteiger partial charge on any atom is -0.409 e. The van der Waals surface area contributed by atoms with Crippen molar-refractivity contribution < 1.29 is 10.3 Å². The van der Waals surface area contributed by atoms with Crippen LogP contribution >= 0.6 is 11.6 Å². The van der Waals surface area contributed by atoms with Gasteiger partial charge in [0.1, 0.15) is 0 Å². The fourth-order valence-electron chi connectivity index (χ4n) is 2.35. The molecular weight excluding hydrogens is 278 g/mol. The van der Waals surface area contributed by atoms with Crippen molar-refractivity contribution in [3.8, 4) is 0 Å². The van der Waals surface area contributed by atoms with E-state index < -0.39 is 0 Å². The second kappa shape index (κ2) is 7.97. The zero-order valence-corrected chi connectivity index (χ0v) is 12.6. The highest BCUT2D eigenvalue weighted by Crippen LogP contribution is 2.28. The summed E-state index contributed by atoms with van der Waals surface area (Å²) in [6, 6.07) is 5.45. The predicted octanol–water partition coefficient (Wildman–Crippen LogP) is 2.42. The van der Waals surface area contributed by atoms with Crippen LogP contribution in [-0.2, 0) is 0 Å². The van der Waals surface area contributed by atoms with Gasteiger partial charge in [0.2, 0.25) is 0 Å². The van der Waals surface area contributed by atoms with Crippen molar-refractivity contribution in [2.24, 2.45) is 10.9 Å². The molecule has 0 atom stereocenters. The molecular formula is C14H22ClN3O2. The van der Waals surface area contributed by atoms with Gasteiger partial charge < -0.3 is 20.9 Å². The van der Waals surface area contributed by atoms with Gasteiger partial charge in [-0.25, -0.2) is 0 Å². The number of hydrogen-bond acceptors (Lipinski definition) is 4. The van der Waals surface area contributed by atoms with Crippen molar-refractivity contribution in [3.63, 3.8) is 0 Å². The summed E-state index contributed by atoms with van der Waals surface area (Å²) in [4.78, 5) is 2.05.